The molecule has 2 N–H and O–H groups in total. The molecule has 2 heterocycles. The Morgan fingerprint density at radius 3 is 2.67 bits per heavy atom. The van der Waals surface area contributed by atoms with E-state index in [0.717, 1.165) is 18.4 Å². The number of hydrogen-bond acceptors (Lipinski definition) is 4. The third-order valence-electron chi connectivity index (χ3n) is 4.06. The third-order valence-corrected chi connectivity index (χ3v) is 4.06. The fourth-order valence-electron chi connectivity index (χ4n) is 3.08. The maximum Gasteiger partial charge on any atom is 0.407 e. The van der Waals surface area contributed by atoms with Gasteiger partial charge in [0.15, 0.2) is 0 Å². The fourth-order valence-corrected chi connectivity index (χ4v) is 3.08. The zero-order chi connectivity index (χ0) is 14.8. The summed E-state index contributed by atoms with van der Waals surface area (Å²) in [5.74, 6) is -1.62. The molecule has 1 amide bonds. The van der Waals surface area contributed by atoms with Crippen molar-refractivity contribution in [2.24, 2.45) is 5.92 Å². The second kappa shape index (κ2) is 5.73. The average Bonchev–Trinajstić information content (AvgIpc) is 3.07. The molecule has 0 aromatic heterocycles. The molecule has 4 atom stereocenters. The lowest BCUT2D eigenvalue weighted by atomic mass is 9.84. The largest absolute Gasteiger partial charge is 0.481 e. The van der Waals surface area contributed by atoms with Gasteiger partial charge in [0.05, 0.1) is 18.2 Å². The molecule has 0 aliphatic carbocycles. The SMILES string of the molecule is O=C(N[C@H]1[C@@H](C(=O)O)[C@@H]2CC[C@H]1O2)OCc1ccccc1. The van der Waals surface area contributed by atoms with Crippen LogP contribution in [0.3, 0.4) is 0 Å². The van der Waals surface area contributed by atoms with Crippen LogP contribution in [0, 0.1) is 5.92 Å². The van der Waals surface area contributed by atoms with E-state index in [2.05, 4.69) is 5.32 Å². The normalized spacial score (nSPS) is 30.1. The smallest absolute Gasteiger partial charge is 0.407 e. The monoisotopic (exact) mass is 291 g/mol. The molecule has 0 saturated carbocycles. The van der Waals surface area contributed by atoms with Crippen LogP contribution in [0.15, 0.2) is 30.3 Å². The highest BCUT2D eigenvalue weighted by atomic mass is 16.6. The van der Waals surface area contributed by atoms with Crippen molar-refractivity contribution in [2.75, 3.05) is 0 Å². The van der Waals surface area contributed by atoms with E-state index in [4.69, 9.17) is 9.47 Å². The van der Waals surface area contributed by atoms with Gasteiger partial charge in [-0.1, -0.05) is 30.3 Å². The zero-order valence-electron chi connectivity index (χ0n) is 11.4. The lowest BCUT2D eigenvalue weighted by Gasteiger charge is -2.25. The van der Waals surface area contributed by atoms with Crippen LogP contribution in [-0.4, -0.2) is 35.4 Å². The molecule has 0 spiro atoms. The van der Waals surface area contributed by atoms with Gasteiger partial charge in [-0.15, -0.1) is 0 Å². The molecule has 2 aliphatic heterocycles. The molecule has 2 saturated heterocycles. The lowest BCUT2D eigenvalue weighted by Crippen LogP contribution is -2.49. The molecule has 6 heteroatoms. The molecule has 1 aromatic carbocycles. The van der Waals surface area contributed by atoms with Gasteiger partial charge in [0.2, 0.25) is 0 Å². The summed E-state index contributed by atoms with van der Waals surface area (Å²) in [6.07, 6.45) is 0.385. The van der Waals surface area contributed by atoms with Crippen LogP contribution in [0.2, 0.25) is 0 Å². The van der Waals surface area contributed by atoms with Crippen LogP contribution < -0.4 is 5.32 Å². The lowest BCUT2D eigenvalue weighted by molar-refractivity contribution is -0.144. The number of fused-ring (bicyclic) bond motifs is 2. The number of nitrogens with one attached hydrogen (secondary N) is 1. The first-order valence-electron chi connectivity index (χ1n) is 7.00. The van der Waals surface area contributed by atoms with Crippen molar-refractivity contribution in [1.82, 2.24) is 5.32 Å². The Balaban J connectivity index is 1.56. The fraction of sp³-hybridized carbons (Fsp3) is 0.467. The summed E-state index contributed by atoms with van der Waals surface area (Å²) < 4.78 is 10.7. The summed E-state index contributed by atoms with van der Waals surface area (Å²) in [6, 6.07) is 8.81. The molecular formula is C15H17NO5. The van der Waals surface area contributed by atoms with E-state index in [1.54, 1.807) is 0 Å². The summed E-state index contributed by atoms with van der Waals surface area (Å²) in [6.45, 7) is 0.159. The maximum absolute atomic E-state index is 11.8. The van der Waals surface area contributed by atoms with Gasteiger partial charge < -0.3 is 19.9 Å². The quantitative estimate of drug-likeness (QED) is 0.879. The van der Waals surface area contributed by atoms with Crippen molar-refractivity contribution < 1.29 is 24.2 Å². The minimum absolute atomic E-state index is 0.159. The Morgan fingerprint density at radius 2 is 1.95 bits per heavy atom. The van der Waals surface area contributed by atoms with Crippen molar-refractivity contribution in [3.05, 3.63) is 35.9 Å². The average molecular weight is 291 g/mol. The molecule has 2 bridgehead atoms. The number of carbonyl (C=O) groups is 2. The molecule has 21 heavy (non-hydrogen) atoms. The highest BCUT2D eigenvalue weighted by molar-refractivity contribution is 5.75. The van der Waals surface area contributed by atoms with Gasteiger partial charge in [0.1, 0.15) is 12.5 Å². The molecule has 0 unspecified atom stereocenters. The Kier molecular flexibility index (Phi) is 3.79. The minimum Gasteiger partial charge on any atom is -0.481 e. The van der Waals surface area contributed by atoms with Crippen LogP contribution in [0.4, 0.5) is 4.79 Å². The van der Waals surface area contributed by atoms with Gasteiger partial charge in [0, 0.05) is 0 Å². The maximum atomic E-state index is 11.8. The number of amides is 1. The summed E-state index contributed by atoms with van der Waals surface area (Å²) in [7, 11) is 0. The molecule has 112 valence electrons. The Labute approximate surface area is 122 Å². The van der Waals surface area contributed by atoms with Crippen LogP contribution in [0.25, 0.3) is 0 Å². The topological polar surface area (TPSA) is 84.9 Å². The number of rotatable bonds is 4. The highest BCUT2D eigenvalue weighted by Crippen LogP contribution is 2.39. The predicted molar refractivity (Wildman–Crippen MR) is 72.6 cm³/mol. The van der Waals surface area contributed by atoms with E-state index in [9.17, 15) is 14.7 Å². The first-order valence-corrected chi connectivity index (χ1v) is 7.00. The van der Waals surface area contributed by atoms with E-state index in [1.165, 1.54) is 0 Å². The second-order valence-corrected chi connectivity index (χ2v) is 5.39. The van der Waals surface area contributed by atoms with E-state index < -0.39 is 24.0 Å². The number of benzene rings is 1. The van der Waals surface area contributed by atoms with E-state index in [-0.39, 0.29) is 18.8 Å². The molecular weight excluding hydrogens is 274 g/mol. The Bertz CT molecular complexity index is 532. The van der Waals surface area contributed by atoms with Crippen LogP contribution >= 0.6 is 0 Å². The third kappa shape index (κ3) is 2.85. The first kappa shape index (κ1) is 13.9. The highest BCUT2D eigenvalue weighted by Gasteiger charge is 2.53. The van der Waals surface area contributed by atoms with Gasteiger partial charge >= 0.3 is 12.1 Å². The first-order chi connectivity index (χ1) is 10.1. The summed E-state index contributed by atoms with van der Waals surface area (Å²) in [5, 5.41) is 11.9. The van der Waals surface area contributed by atoms with Crippen molar-refractivity contribution in [1.29, 1.82) is 0 Å². The van der Waals surface area contributed by atoms with Crippen LogP contribution in [0.5, 0.6) is 0 Å². The molecule has 3 rings (SSSR count). The van der Waals surface area contributed by atoms with Crippen molar-refractivity contribution in [2.45, 2.75) is 37.7 Å². The standard InChI is InChI=1S/C15H17NO5/c17-14(18)12-10-6-7-11(21-10)13(12)16-15(19)20-8-9-4-2-1-3-5-9/h1-5,10-13H,6-8H2,(H,16,19)(H,17,18)/t10-,11+,12-,13+/m0/s1. The van der Waals surface area contributed by atoms with Crippen molar-refractivity contribution in [3.63, 3.8) is 0 Å². The molecule has 2 fully saturated rings. The number of carboxylic acid groups (broad SMARTS) is 1. The molecule has 6 nitrogen and oxygen atoms in total. The van der Waals surface area contributed by atoms with Crippen LogP contribution in [0.1, 0.15) is 18.4 Å². The number of carboxylic acids is 1. The number of alkyl carbamates (subject to hydrolysis) is 1. The molecule has 0 radical (unpaired) electrons. The number of aliphatic carboxylic acids is 1. The van der Waals surface area contributed by atoms with Gasteiger partial charge in [-0.05, 0) is 18.4 Å². The van der Waals surface area contributed by atoms with Gasteiger partial charge in [-0.2, -0.15) is 0 Å². The van der Waals surface area contributed by atoms with Gasteiger partial charge in [-0.3, -0.25) is 4.79 Å². The summed E-state index contributed by atoms with van der Waals surface area (Å²) in [5.41, 5.74) is 0.881. The minimum atomic E-state index is -0.935. The van der Waals surface area contributed by atoms with E-state index >= 15 is 0 Å². The van der Waals surface area contributed by atoms with E-state index in [1.807, 2.05) is 30.3 Å². The second-order valence-electron chi connectivity index (χ2n) is 5.39. The van der Waals surface area contributed by atoms with E-state index in [0.29, 0.717) is 0 Å². The van der Waals surface area contributed by atoms with Gasteiger partial charge in [-0.25, -0.2) is 4.79 Å². The number of carbonyl (C=O) groups excluding carboxylic acids is 1. The Morgan fingerprint density at radius 1 is 1.24 bits per heavy atom. The van der Waals surface area contributed by atoms with Crippen molar-refractivity contribution >= 4 is 12.1 Å². The van der Waals surface area contributed by atoms with Crippen molar-refractivity contribution in [3.8, 4) is 0 Å². The number of ether oxygens (including phenoxy) is 2. The summed E-state index contributed by atoms with van der Waals surface area (Å²) >= 11 is 0. The summed E-state index contributed by atoms with van der Waals surface area (Å²) in [4.78, 5) is 23.1. The number of hydrogen-bond donors (Lipinski definition) is 2. The van der Waals surface area contributed by atoms with Gasteiger partial charge in [0.25, 0.3) is 0 Å². The molecule has 1 aromatic rings. The van der Waals surface area contributed by atoms with Crippen LogP contribution in [-0.2, 0) is 20.9 Å². The molecule has 2 aliphatic rings. The Hall–Kier alpha value is -2.08. The predicted octanol–water partition coefficient (Wildman–Crippen LogP) is 1.54. The zero-order valence-corrected chi connectivity index (χ0v) is 11.4.